The quantitative estimate of drug-likeness (QED) is 0.898. The molecule has 110 valence electrons. The van der Waals surface area contributed by atoms with Gasteiger partial charge in [0.05, 0.1) is 12.0 Å². The van der Waals surface area contributed by atoms with Crippen molar-refractivity contribution in [2.24, 2.45) is 5.41 Å². The van der Waals surface area contributed by atoms with E-state index in [9.17, 15) is 4.79 Å². The predicted molar refractivity (Wildman–Crippen MR) is 72.2 cm³/mol. The molecule has 2 heterocycles. The van der Waals surface area contributed by atoms with Crippen molar-refractivity contribution in [3.63, 3.8) is 0 Å². The maximum atomic E-state index is 11.1. The molecule has 2 aromatic heterocycles. The molecule has 7 nitrogen and oxygen atoms in total. The smallest absolute Gasteiger partial charge is 0.303 e. The first kappa shape index (κ1) is 13.7. The van der Waals surface area contributed by atoms with Crippen molar-refractivity contribution >= 4 is 5.97 Å². The fourth-order valence-electron chi connectivity index (χ4n) is 3.03. The lowest BCUT2D eigenvalue weighted by molar-refractivity contribution is -0.139. The SMILES string of the molecule is O=C(O)CC1(Cc2nnc(-c3cncnc3)o2)CCCC1. The molecule has 1 fully saturated rings. The summed E-state index contributed by atoms with van der Waals surface area (Å²) in [4.78, 5) is 18.9. The van der Waals surface area contributed by atoms with E-state index in [1.54, 1.807) is 12.4 Å². The van der Waals surface area contributed by atoms with Crippen LogP contribution in [0.3, 0.4) is 0 Å². The Morgan fingerprint density at radius 2 is 1.95 bits per heavy atom. The van der Waals surface area contributed by atoms with Crippen LogP contribution < -0.4 is 0 Å². The first-order valence-electron chi connectivity index (χ1n) is 6.96. The standard InChI is InChI=1S/C14H16N4O3/c19-12(20)6-14(3-1-2-4-14)5-11-17-18-13(21-11)10-7-15-9-16-8-10/h7-9H,1-6H2,(H,19,20). The van der Waals surface area contributed by atoms with E-state index in [2.05, 4.69) is 20.2 Å². The van der Waals surface area contributed by atoms with Gasteiger partial charge >= 0.3 is 5.97 Å². The van der Waals surface area contributed by atoms with E-state index in [0.717, 1.165) is 25.7 Å². The summed E-state index contributed by atoms with van der Waals surface area (Å²) in [6.07, 6.45) is 9.21. The van der Waals surface area contributed by atoms with Gasteiger partial charge in [-0.1, -0.05) is 12.8 Å². The van der Waals surface area contributed by atoms with Gasteiger partial charge in [0.1, 0.15) is 6.33 Å². The lowest BCUT2D eigenvalue weighted by Crippen LogP contribution is -2.23. The molecule has 1 N–H and O–H groups in total. The van der Waals surface area contributed by atoms with Crippen LogP contribution in [0.15, 0.2) is 23.1 Å². The van der Waals surface area contributed by atoms with E-state index in [4.69, 9.17) is 9.52 Å². The predicted octanol–water partition coefficient (Wildman–Crippen LogP) is 2.10. The number of carboxylic acid groups (broad SMARTS) is 1. The molecule has 0 amide bonds. The molecule has 0 bridgehead atoms. The molecule has 2 aromatic rings. The zero-order valence-corrected chi connectivity index (χ0v) is 11.5. The van der Waals surface area contributed by atoms with Crippen LogP contribution in [-0.4, -0.2) is 31.2 Å². The van der Waals surface area contributed by atoms with E-state index in [0.29, 0.717) is 23.8 Å². The monoisotopic (exact) mass is 288 g/mol. The van der Waals surface area contributed by atoms with Crippen molar-refractivity contribution in [2.75, 3.05) is 0 Å². The zero-order chi connectivity index (χ0) is 14.7. The van der Waals surface area contributed by atoms with Gasteiger partial charge in [-0.05, 0) is 18.3 Å². The van der Waals surface area contributed by atoms with Gasteiger partial charge in [-0.25, -0.2) is 9.97 Å². The number of nitrogens with zero attached hydrogens (tertiary/aromatic N) is 4. The maximum Gasteiger partial charge on any atom is 0.303 e. The Bertz CT molecular complexity index is 620. The lowest BCUT2D eigenvalue weighted by atomic mass is 9.79. The number of carbonyl (C=O) groups is 1. The van der Waals surface area contributed by atoms with Gasteiger partial charge < -0.3 is 9.52 Å². The first-order valence-corrected chi connectivity index (χ1v) is 6.96. The van der Waals surface area contributed by atoms with Crippen molar-refractivity contribution in [2.45, 2.75) is 38.5 Å². The summed E-state index contributed by atoms with van der Waals surface area (Å²) in [5, 5.41) is 17.2. The maximum absolute atomic E-state index is 11.1. The number of aromatic nitrogens is 4. The van der Waals surface area contributed by atoms with Crippen LogP contribution in [0.1, 0.15) is 38.0 Å². The van der Waals surface area contributed by atoms with Crippen LogP contribution >= 0.6 is 0 Å². The first-order chi connectivity index (χ1) is 10.2. The van der Waals surface area contributed by atoms with Crippen LogP contribution in [-0.2, 0) is 11.2 Å². The second-order valence-corrected chi connectivity index (χ2v) is 5.58. The summed E-state index contributed by atoms with van der Waals surface area (Å²) in [6.45, 7) is 0. The largest absolute Gasteiger partial charge is 0.481 e. The van der Waals surface area contributed by atoms with Gasteiger partial charge in [0.15, 0.2) is 0 Å². The summed E-state index contributed by atoms with van der Waals surface area (Å²) >= 11 is 0. The van der Waals surface area contributed by atoms with Crippen molar-refractivity contribution in [3.8, 4) is 11.5 Å². The Hall–Kier alpha value is -2.31. The summed E-state index contributed by atoms with van der Waals surface area (Å²) in [5.74, 6) is 0.0826. The highest BCUT2D eigenvalue weighted by molar-refractivity contribution is 5.67. The van der Waals surface area contributed by atoms with Gasteiger partial charge in [-0.3, -0.25) is 4.79 Å². The fraction of sp³-hybridized carbons (Fsp3) is 0.500. The molecule has 1 aliphatic carbocycles. The van der Waals surface area contributed by atoms with Crippen LogP contribution in [0.4, 0.5) is 0 Å². The molecule has 1 aliphatic rings. The van der Waals surface area contributed by atoms with E-state index < -0.39 is 5.97 Å². The molecule has 0 spiro atoms. The van der Waals surface area contributed by atoms with Crippen molar-refractivity contribution in [1.29, 1.82) is 0 Å². The summed E-state index contributed by atoms with van der Waals surface area (Å²) in [5.41, 5.74) is 0.415. The highest BCUT2D eigenvalue weighted by Gasteiger charge is 2.37. The second-order valence-electron chi connectivity index (χ2n) is 5.58. The Labute approximate surface area is 121 Å². The molecule has 7 heteroatoms. The summed E-state index contributed by atoms with van der Waals surface area (Å²) in [6, 6.07) is 0. The van der Waals surface area contributed by atoms with E-state index in [-0.39, 0.29) is 11.8 Å². The van der Waals surface area contributed by atoms with Gasteiger partial charge in [0.2, 0.25) is 5.89 Å². The van der Waals surface area contributed by atoms with E-state index in [1.807, 2.05) is 0 Å². The molecule has 0 aliphatic heterocycles. The Kier molecular flexibility index (Phi) is 3.64. The van der Waals surface area contributed by atoms with Crippen LogP contribution in [0, 0.1) is 5.41 Å². The molecule has 21 heavy (non-hydrogen) atoms. The normalized spacial score (nSPS) is 17.0. The summed E-state index contributed by atoms with van der Waals surface area (Å²) in [7, 11) is 0. The minimum absolute atomic E-state index is 0.152. The van der Waals surface area contributed by atoms with Crippen molar-refractivity contribution in [3.05, 3.63) is 24.6 Å². The molecule has 0 aromatic carbocycles. The fourth-order valence-corrected chi connectivity index (χ4v) is 3.03. The zero-order valence-electron chi connectivity index (χ0n) is 11.5. The molecule has 0 radical (unpaired) electrons. The number of rotatable bonds is 5. The molecule has 0 saturated heterocycles. The lowest BCUT2D eigenvalue weighted by Gasteiger charge is -2.24. The molecule has 3 rings (SSSR count). The summed E-state index contributed by atoms with van der Waals surface area (Å²) < 4.78 is 5.64. The topological polar surface area (TPSA) is 102 Å². The third kappa shape index (κ3) is 3.07. The van der Waals surface area contributed by atoms with Gasteiger partial charge in [-0.2, -0.15) is 0 Å². The van der Waals surface area contributed by atoms with E-state index in [1.165, 1.54) is 6.33 Å². The van der Waals surface area contributed by atoms with E-state index >= 15 is 0 Å². The minimum Gasteiger partial charge on any atom is -0.481 e. The molecular formula is C14H16N4O3. The third-order valence-corrected chi connectivity index (χ3v) is 3.99. The average Bonchev–Trinajstić information content (AvgIpc) is 3.09. The minimum atomic E-state index is -0.770. The number of aliphatic carboxylic acids is 1. The number of hydrogen-bond donors (Lipinski definition) is 1. The molecule has 0 atom stereocenters. The van der Waals surface area contributed by atoms with Gasteiger partial charge in [0.25, 0.3) is 5.89 Å². The molecular weight excluding hydrogens is 272 g/mol. The number of hydrogen-bond acceptors (Lipinski definition) is 6. The third-order valence-electron chi connectivity index (χ3n) is 3.99. The highest BCUT2D eigenvalue weighted by Crippen LogP contribution is 2.43. The van der Waals surface area contributed by atoms with Gasteiger partial charge in [-0.15, -0.1) is 10.2 Å². The Balaban J connectivity index is 1.78. The Morgan fingerprint density at radius 1 is 1.24 bits per heavy atom. The van der Waals surface area contributed by atoms with Crippen molar-refractivity contribution < 1.29 is 14.3 Å². The highest BCUT2D eigenvalue weighted by atomic mass is 16.4. The molecule has 1 saturated carbocycles. The van der Waals surface area contributed by atoms with Crippen LogP contribution in [0.25, 0.3) is 11.5 Å². The van der Waals surface area contributed by atoms with Crippen molar-refractivity contribution in [1.82, 2.24) is 20.2 Å². The second kappa shape index (κ2) is 5.59. The Morgan fingerprint density at radius 3 is 2.62 bits per heavy atom. The number of carboxylic acids is 1. The average molecular weight is 288 g/mol. The van der Waals surface area contributed by atoms with Crippen LogP contribution in [0.5, 0.6) is 0 Å². The van der Waals surface area contributed by atoms with Crippen LogP contribution in [0.2, 0.25) is 0 Å². The molecule has 0 unspecified atom stereocenters. The van der Waals surface area contributed by atoms with Gasteiger partial charge in [0, 0.05) is 18.8 Å².